The lowest BCUT2D eigenvalue weighted by Crippen LogP contribution is -2.48. The Bertz CT molecular complexity index is 229. The number of nitrogens with zero attached hydrogens (tertiary/aromatic N) is 1. The van der Waals surface area contributed by atoms with Gasteiger partial charge in [-0.1, -0.05) is 6.92 Å². The summed E-state index contributed by atoms with van der Waals surface area (Å²) in [4.78, 5) is 1.72. The van der Waals surface area contributed by atoms with Gasteiger partial charge in [0.1, 0.15) is 0 Å². The number of aliphatic hydroxyl groups excluding tert-OH is 1. The minimum absolute atomic E-state index is 0.0893. The largest absolute Gasteiger partial charge is 0.394 e. The van der Waals surface area contributed by atoms with Gasteiger partial charge in [0.05, 0.1) is 13.2 Å². The third-order valence-corrected chi connectivity index (χ3v) is 3.68. The van der Waals surface area contributed by atoms with E-state index in [0.717, 1.165) is 32.2 Å². The summed E-state index contributed by atoms with van der Waals surface area (Å²) in [5.41, 5.74) is -0.253. The molecule has 0 saturated heterocycles. The SMILES string of the molecule is CCCNC1(CO)CCC(N(C)CC(F)F)C1. The molecule has 1 aliphatic carbocycles. The van der Waals surface area contributed by atoms with Crippen LogP contribution in [0.2, 0.25) is 0 Å². The molecule has 0 aromatic heterocycles. The maximum absolute atomic E-state index is 12.3. The highest BCUT2D eigenvalue weighted by Gasteiger charge is 2.39. The fraction of sp³-hybridized carbons (Fsp3) is 1.00. The predicted octanol–water partition coefficient (Wildman–Crippen LogP) is 1.47. The van der Waals surface area contributed by atoms with E-state index >= 15 is 0 Å². The Morgan fingerprint density at radius 3 is 2.76 bits per heavy atom. The van der Waals surface area contributed by atoms with Gasteiger partial charge in [-0.15, -0.1) is 0 Å². The van der Waals surface area contributed by atoms with Gasteiger partial charge in [0.25, 0.3) is 6.43 Å². The van der Waals surface area contributed by atoms with Crippen molar-refractivity contribution < 1.29 is 13.9 Å². The Morgan fingerprint density at radius 2 is 2.24 bits per heavy atom. The number of rotatable bonds is 7. The monoisotopic (exact) mass is 250 g/mol. The van der Waals surface area contributed by atoms with Crippen LogP contribution >= 0.6 is 0 Å². The average molecular weight is 250 g/mol. The Hall–Kier alpha value is -0.260. The molecular formula is C12H24F2N2O. The molecule has 0 amide bonds. The fourth-order valence-electron chi connectivity index (χ4n) is 2.59. The van der Waals surface area contributed by atoms with E-state index in [1.807, 2.05) is 0 Å². The highest BCUT2D eigenvalue weighted by Crippen LogP contribution is 2.32. The molecular weight excluding hydrogens is 226 g/mol. The third-order valence-electron chi connectivity index (χ3n) is 3.68. The molecule has 2 N–H and O–H groups in total. The Labute approximate surface area is 102 Å². The number of alkyl halides is 2. The zero-order chi connectivity index (χ0) is 12.9. The molecule has 2 unspecified atom stereocenters. The first-order valence-electron chi connectivity index (χ1n) is 6.37. The predicted molar refractivity (Wildman–Crippen MR) is 64.4 cm³/mol. The smallest absolute Gasteiger partial charge is 0.251 e. The summed E-state index contributed by atoms with van der Waals surface area (Å²) in [5, 5.41) is 12.9. The van der Waals surface area contributed by atoms with Crippen LogP contribution in [-0.4, -0.2) is 54.8 Å². The molecule has 1 aliphatic rings. The maximum Gasteiger partial charge on any atom is 0.251 e. The van der Waals surface area contributed by atoms with E-state index in [0.29, 0.717) is 0 Å². The van der Waals surface area contributed by atoms with Crippen molar-refractivity contribution in [1.29, 1.82) is 0 Å². The van der Waals surface area contributed by atoms with Crippen LogP contribution in [0.25, 0.3) is 0 Å². The van der Waals surface area contributed by atoms with Crippen LogP contribution in [0.15, 0.2) is 0 Å². The summed E-state index contributed by atoms with van der Waals surface area (Å²) in [5.74, 6) is 0. The van der Waals surface area contributed by atoms with Crippen molar-refractivity contribution in [3.63, 3.8) is 0 Å². The standard InChI is InChI=1S/C12H24F2N2O/c1-3-6-15-12(9-17)5-4-10(7-12)16(2)8-11(13)14/h10-11,15,17H,3-9H2,1-2H3. The number of halogens is 2. The lowest BCUT2D eigenvalue weighted by molar-refractivity contribution is 0.0769. The van der Waals surface area contributed by atoms with Crippen molar-refractivity contribution in [3.8, 4) is 0 Å². The molecule has 5 heteroatoms. The highest BCUT2D eigenvalue weighted by atomic mass is 19.3. The van der Waals surface area contributed by atoms with E-state index in [9.17, 15) is 13.9 Å². The molecule has 17 heavy (non-hydrogen) atoms. The van der Waals surface area contributed by atoms with E-state index < -0.39 is 6.43 Å². The molecule has 0 aromatic rings. The molecule has 0 heterocycles. The van der Waals surface area contributed by atoms with Crippen LogP contribution in [0.3, 0.4) is 0 Å². The van der Waals surface area contributed by atoms with Crippen molar-refractivity contribution in [2.45, 2.75) is 50.6 Å². The maximum atomic E-state index is 12.3. The van der Waals surface area contributed by atoms with E-state index in [4.69, 9.17) is 0 Å². The van der Waals surface area contributed by atoms with E-state index in [1.54, 1.807) is 11.9 Å². The average Bonchev–Trinajstić information content (AvgIpc) is 2.71. The van der Waals surface area contributed by atoms with Gasteiger partial charge in [0.15, 0.2) is 0 Å². The first-order chi connectivity index (χ1) is 8.03. The molecule has 0 aromatic carbocycles. The topological polar surface area (TPSA) is 35.5 Å². The van der Waals surface area contributed by atoms with Crippen molar-refractivity contribution in [3.05, 3.63) is 0 Å². The summed E-state index contributed by atoms with van der Waals surface area (Å²) in [6.07, 6.45) is 1.22. The van der Waals surface area contributed by atoms with Crippen LogP contribution in [0.5, 0.6) is 0 Å². The van der Waals surface area contributed by atoms with Crippen LogP contribution in [0.1, 0.15) is 32.6 Å². The molecule has 0 aliphatic heterocycles. The van der Waals surface area contributed by atoms with Gasteiger partial charge >= 0.3 is 0 Å². The summed E-state index contributed by atoms with van der Waals surface area (Å²) in [6, 6.07) is 0.153. The quantitative estimate of drug-likeness (QED) is 0.718. The molecule has 3 nitrogen and oxygen atoms in total. The number of hydrogen-bond donors (Lipinski definition) is 2. The van der Waals surface area contributed by atoms with Crippen molar-refractivity contribution in [2.75, 3.05) is 26.7 Å². The Kier molecular flexibility index (Phi) is 5.76. The lowest BCUT2D eigenvalue weighted by atomic mass is 9.98. The van der Waals surface area contributed by atoms with Gasteiger partial charge in [-0.3, -0.25) is 4.90 Å². The Balaban J connectivity index is 2.48. The highest BCUT2D eigenvalue weighted by molar-refractivity contribution is 4.99. The van der Waals surface area contributed by atoms with Gasteiger partial charge in [0.2, 0.25) is 0 Å². The van der Waals surface area contributed by atoms with Crippen LogP contribution in [-0.2, 0) is 0 Å². The minimum atomic E-state index is -2.28. The van der Waals surface area contributed by atoms with Gasteiger partial charge in [-0.2, -0.15) is 0 Å². The van der Waals surface area contributed by atoms with E-state index in [2.05, 4.69) is 12.2 Å². The molecule has 1 saturated carbocycles. The molecule has 0 radical (unpaired) electrons. The third kappa shape index (κ3) is 4.16. The number of hydrogen-bond acceptors (Lipinski definition) is 3. The second-order valence-electron chi connectivity index (χ2n) is 5.09. The van der Waals surface area contributed by atoms with Crippen LogP contribution < -0.4 is 5.32 Å². The number of aliphatic hydroxyl groups is 1. The van der Waals surface area contributed by atoms with Gasteiger partial charge in [-0.25, -0.2) is 8.78 Å². The summed E-state index contributed by atoms with van der Waals surface area (Å²) < 4.78 is 24.6. The van der Waals surface area contributed by atoms with Crippen molar-refractivity contribution >= 4 is 0 Å². The molecule has 0 bridgehead atoms. The molecule has 1 rings (SSSR count). The van der Waals surface area contributed by atoms with Gasteiger partial charge in [-0.05, 0) is 39.3 Å². The molecule has 102 valence electrons. The van der Waals surface area contributed by atoms with Crippen LogP contribution in [0.4, 0.5) is 8.78 Å². The lowest BCUT2D eigenvalue weighted by Gasteiger charge is -2.30. The van der Waals surface area contributed by atoms with Crippen molar-refractivity contribution in [1.82, 2.24) is 10.2 Å². The first kappa shape index (κ1) is 14.8. The molecule has 1 fully saturated rings. The normalized spacial score (nSPS) is 29.5. The summed E-state index contributed by atoms with van der Waals surface area (Å²) >= 11 is 0. The Morgan fingerprint density at radius 1 is 1.53 bits per heavy atom. The zero-order valence-electron chi connectivity index (χ0n) is 10.8. The zero-order valence-corrected chi connectivity index (χ0v) is 10.8. The van der Waals surface area contributed by atoms with Crippen LogP contribution in [0, 0.1) is 0 Å². The first-order valence-corrected chi connectivity index (χ1v) is 6.37. The molecule has 0 spiro atoms. The second kappa shape index (κ2) is 6.61. The summed E-state index contributed by atoms with van der Waals surface area (Å²) in [6.45, 7) is 2.85. The van der Waals surface area contributed by atoms with E-state index in [1.165, 1.54) is 0 Å². The van der Waals surface area contributed by atoms with Crippen molar-refractivity contribution in [2.24, 2.45) is 0 Å². The van der Waals surface area contributed by atoms with Gasteiger partial charge < -0.3 is 10.4 Å². The fourth-order valence-corrected chi connectivity index (χ4v) is 2.59. The number of nitrogens with one attached hydrogen (secondary N) is 1. The van der Waals surface area contributed by atoms with E-state index in [-0.39, 0.29) is 24.7 Å². The second-order valence-corrected chi connectivity index (χ2v) is 5.09. The summed E-state index contributed by atoms with van der Waals surface area (Å²) in [7, 11) is 1.74. The van der Waals surface area contributed by atoms with Gasteiger partial charge in [0, 0.05) is 11.6 Å². The minimum Gasteiger partial charge on any atom is -0.394 e. The molecule has 2 atom stereocenters.